The highest BCUT2D eigenvalue weighted by atomic mass is 16.5. The molecule has 4 aliphatic rings. The van der Waals surface area contributed by atoms with Gasteiger partial charge in [0.2, 0.25) is 0 Å². The second-order valence-electron chi connectivity index (χ2n) is 16.7. The second kappa shape index (κ2) is 20.1. The molecule has 4 nitrogen and oxygen atoms in total. The summed E-state index contributed by atoms with van der Waals surface area (Å²) in [4.78, 5) is 5.32. The Labute approximate surface area is 306 Å². The van der Waals surface area contributed by atoms with Crippen LogP contribution in [0.15, 0.2) is 54.1 Å². The Balaban J connectivity index is 1.02. The van der Waals surface area contributed by atoms with E-state index < -0.39 is 0 Å². The number of ether oxygens (including phenoxy) is 2. The molecule has 2 aliphatic heterocycles. The summed E-state index contributed by atoms with van der Waals surface area (Å²) in [5.41, 5.74) is 5.85. The van der Waals surface area contributed by atoms with E-state index in [-0.39, 0.29) is 0 Å². The van der Waals surface area contributed by atoms with Gasteiger partial charge in [-0.3, -0.25) is 0 Å². The van der Waals surface area contributed by atoms with Gasteiger partial charge in [0.1, 0.15) is 11.5 Å². The minimum absolute atomic E-state index is 0.623. The number of piperidine rings is 2. The van der Waals surface area contributed by atoms with Gasteiger partial charge < -0.3 is 19.3 Å². The molecule has 2 aromatic rings. The lowest BCUT2D eigenvalue weighted by Crippen LogP contribution is -2.32. The van der Waals surface area contributed by atoms with Crippen LogP contribution in [0, 0.1) is 23.7 Å². The highest BCUT2D eigenvalue weighted by molar-refractivity contribution is 5.83. The third-order valence-electron chi connectivity index (χ3n) is 12.4. The molecule has 4 atom stereocenters. The molecule has 4 heteroatoms. The SMILES string of the molecule is CC1CC2CC(C)C(=C(c3ccc(OCCCCCCN4CCCCC4)cc3)c3ccc(OCCCCCCN4CCCCC4)cc3)C(C1)C2. The Morgan fingerprint density at radius 3 is 1.52 bits per heavy atom. The number of rotatable bonds is 18. The number of allylic oxidation sites excluding steroid dienone is 1. The normalized spacial score (nSPS) is 24.6. The van der Waals surface area contributed by atoms with Gasteiger partial charge in [-0.25, -0.2) is 0 Å². The van der Waals surface area contributed by atoms with Crippen molar-refractivity contribution in [2.45, 2.75) is 129 Å². The van der Waals surface area contributed by atoms with Crippen LogP contribution in [-0.4, -0.2) is 62.3 Å². The van der Waals surface area contributed by atoms with Crippen LogP contribution in [0.5, 0.6) is 11.5 Å². The zero-order valence-electron chi connectivity index (χ0n) is 32.0. The Bertz CT molecular complexity index is 1190. The molecule has 6 rings (SSSR count). The third kappa shape index (κ3) is 11.3. The first-order valence-electron chi connectivity index (χ1n) is 21.3. The smallest absolute Gasteiger partial charge is 0.119 e. The number of nitrogens with zero attached hydrogens (tertiary/aromatic N) is 2. The van der Waals surface area contributed by atoms with E-state index in [4.69, 9.17) is 9.47 Å². The van der Waals surface area contributed by atoms with Gasteiger partial charge in [-0.15, -0.1) is 0 Å². The van der Waals surface area contributed by atoms with E-state index in [1.165, 1.54) is 159 Å². The zero-order valence-corrected chi connectivity index (χ0v) is 32.0. The maximum absolute atomic E-state index is 6.26. The van der Waals surface area contributed by atoms with E-state index >= 15 is 0 Å². The summed E-state index contributed by atoms with van der Waals surface area (Å²) < 4.78 is 12.5. The predicted molar refractivity (Wildman–Crippen MR) is 211 cm³/mol. The van der Waals surface area contributed by atoms with Crippen LogP contribution in [-0.2, 0) is 0 Å². The average Bonchev–Trinajstić information content (AvgIpc) is 3.14. The molecule has 0 radical (unpaired) electrons. The number of hydrogen-bond acceptors (Lipinski definition) is 4. The fraction of sp³-hybridized carbons (Fsp3) is 0.696. The van der Waals surface area contributed by atoms with Crippen LogP contribution in [0.3, 0.4) is 0 Å². The van der Waals surface area contributed by atoms with Crippen molar-refractivity contribution in [3.8, 4) is 11.5 Å². The van der Waals surface area contributed by atoms with E-state index in [9.17, 15) is 0 Å². The van der Waals surface area contributed by atoms with Crippen molar-refractivity contribution in [1.82, 2.24) is 9.80 Å². The molecule has 2 bridgehead atoms. The molecule has 4 unspecified atom stereocenters. The molecule has 0 aromatic heterocycles. The molecule has 4 fully saturated rings. The summed E-state index contributed by atoms with van der Waals surface area (Å²) >= 11 is 0. The summed E-state index contributed by atoms with van der Waals surface area (Å²) in [7, 11) is 0. The second-order valence-corrected chi connectivity index (χ2v) is 16.7. The minimum atomic E-state index is 0.623. The molecule has 2 heterocycles. The van der Waals surface area contributed by atoms with Gasteiger partial charge in [0, 0.05) is 0 Å². The van der Waals surface area contributed by atoms with Gasteiger partial charge in [-0.1, -0.05) is 82.2 Å². The van der Waals surface area contributed by atoms with Gasteiger partial charge in [0.25, 0.3) is 0 Å². The highest BCUT2D eigenvalue weighted by Gasteiger charge is 2.38. The van der Waals surface area contributed by atoms with E-state index in [0.717, 1.165) is 49.4 Å². The van der Waals surface area contributed by atoms with Crippen molar-refractivity contribution in [2.24, 2.45) is 23.7 Å². The number of hydrogen-bond donors (Lipinski definition) is 0. The van der Waals surface area contributed by atoms with Crippen LogP contribution in [0.25, 0.3) is 5.57 Å². The van der Waals surface area contributed by atoms with E-state index in [0.29, 0.717) is 11.8 Å². The molecule has 2 saturated carbocycles. The van der Waals surface area contributed by atoms with E-state index in [1.54, 1.807) is 5.57 Å². The standard InChI is InChI=1S/C46H70N2O2/c1-37-33-39-35-38(2)45(42(34-37)36-39)46(40-17-21-43(22-18-40)49-31-15-5-3-9-25-47-27-11-7-12-28-47)41-19-23-44(24-20-41)50-32-16-6-4-10-26-48-29-13-8-14-30-48/h17-24,37-39,42H,3-16,25-36H2,1-2H3. The first kappa shape index (κ1) is 37.5. The van der Waals surface area contributed by atoms with Crippen LogP contribution >= 0.6 is 0 Å². The van der Waals surface area contributed by atoms with Gasteiger partial charge in [-0.05, 0) is 181 Å². The van der Waals surface area contributed by atoms with Gasteiger partial charge in [-0.2, -0.15) is 0 Å². The predicted octanol–water partition coefficient (Wildman–Crippen LogP) is 11.4. The molecule has 0 spiro atoms. The summed E-state index contributed by atoms with van der Waals surface area (Å²) in [6.07, 6.45) is 24.0. The molecule has 0 amide bonds. The van der Waals surface area contributed by atoms with Crippen LogP contribution in [0.1, 0.15) is 141 Å². The largest absolute Gasteiger partial charge is 0.494 e. The summed E-state index contributed by atoms with van der Waals surface area (Å²) in [5, 5.41) is 0. The quantitative estimate of drug-likeness (QED) is 0.146. The Hall–Kier alpha value is -2.30. The number of benzene rings is 2. The van der Waals surface area contributed by atoms with Crippen molar-refractivity contribution in [3.05, 3.63) is 65.2 Å². The van der Waals surface area contributed by atoms with Crippen molar-refractivity contribution in [1.29, 1.82) is 0 Å². The maximum atomic E-state index is 6.26. The molecule has 0 N–H and O–H groups in total. The first-order chi connectivity index (χ1) is 24.6. The minimum Gasteiger partial charge on any atom is -0.494 e. The molecular weight excluding hydrogens is 613 g/mol. The van der Waals surface area contributed by atoms with Crippen molar-refractivity contribution in [3.63, 3.8) is 0 Å². The molecular formula is C46H70N2O2. The molecule has 50 heavy (non-hydrogen) atoms. The first-order valence-corrected chi connectivity index (χ1v) is 21.3. The third-order valence-corrected chi connectivity index (χ3v) is 12.4. The van der Waals surface area contributed by atoms with Gasteiger partial charge in [0.15, 0.2) is 0 Å². The van der Waals surface area contributed by atoms with Crippen LogP contribution in [0.2, 0.25) is 0 Å². The van der Waals surface area contributed by atoms with Crippen LogP contribution in [0.4, 0.5) is 0 Å². The highest BCUT2D eigenvalue weighted by Crippen LogP contribution is 2.51. The van der Waals surface area contributed by atoms with Gasteiger partial charge >= 0.3 is 0 Å². The molecule has 2 aromatic carbocycles. The average molecular weight is 683 g/mol. The maximum Gasteiger partial charge on any atom is 0.119 e. The number of fused-ring (bicyclic) bond motifs is 2. The summed E-state index contributed by atoms with van der Waals surface area (Å²) in [5.74, 6) is 5.04. The van der Waals surface area contributed by atoms with Crippen molar-refractivity contribution < 1.29 is 9.47 Å². The summed E-state index contributed by atoms with van der Waals surface area (Å²) in [6.45, 7) is 14.4. The monoisotopic (exact) mass is 683 g/mol. The topological polar surface area (TPSA) is 24.9 Å². The fourth-order valence-electron chi connectivity index (χ4n) is 9.94. The lowest BCUT2D eigenvalue weighted by atomic mass is 9.61. The Morgan fingerprint density at radius 2 is 1.02 bits per heavy atom. The Kier molecular flexibility index (Phi) is 15.0. The van der Waals surface area contributed by atoms with E-state index in [2.05, 4.69) is 72.2 Å². The molecule has 276 valence electrons. The fourth-order valence-corrected chi connectivity index (χ4v) is 9.94. The van der Waals surface area contributed by atoms with Crippen LogP contribution < -0.4 is 9.47 Å². The lowest BCUT2D eigenvalue weighted by Gasteiger charge is -2.44. The zero-order chi connectivity index (χ0) is 34.4. The molecule has 2 saturated heterocycles. The van der Waals surface area contributed by atoms with E-state index in [1.807, 2.05) is 0 Å². The van der Waals surface area contributed by atoms with Crippen molar-refractivity contribution >= 4 is 5.57 Å². The summed E-state index contributed by atoms with van der Waals surface area (Å²) in [6, 6.07) is 18.2. The Morgan fingerprint density at radius 1 is 0.540 bits per heavy atom. The number of likely N-dealkylation sites (tertiary alicyclic amines) is 2. The number of unbranched alkanes of at least 4 members (excludes halogenated alkanes) is 6. The lowest BCUT2D eigenvalue weighted by molar-refractivity contribution is 0.163. The molecule has 2 aliphatic carbocycles. The van der Waals surface area contributed by atoms with Crippen molar-refractivity contribution in [2.75, 3.05) is 52.5 Å². The van der Waals surface area contributed by atoms with Gasteiger partial charge in [0.05, 0.1) is 13.2 Å².